The molecule has 0 amide bonds. The number of rotatable bonds is 8. The van der Waals surface area contributed by atoms with E-state index in [2.05, 4.69) is 4.98 Å². The van der Waals surface area contributed by atoms with Crippen molar-refractivity contribution in [2.24, 2.45) is 5.92 Å². The molecule has 3 aromatic rings. The second kappa shape index (κ2) is 9.32. The topological polar surface area (TPSA) is 61.2 Å². The molecule has 0 radical (unpaired) electrons. The van der Waals surface area contributed by atoms with E-state index in [4.69, 9.17) is 4.74 Å². The third-order valence-electron chi connectivity index (χ3n) is 5.01. The molecule has 0 saturated heterocycles. The molecule has 0 aliphatic rings. The summed E-state index contributed by atoms with van der Waals surface area (Å²) in [6.45, 7) is 6.18. The second-order valence-corrected chi connectivity index (χ2v) is 7.25. The van der Waals surface area contributed by atoms with E-state index < -0.39 is 0 Å². The highest BCUT2D eigenvalue weighted by Gasteiger charge is 2.09. The Labute approximate surface area is 171 Å². The molecule has 0 fully saturated rings. The molecule has 0 saturated carbocycles. The minimum Gasteiger partial charge on any atom is -0.492 e. The third kappa shape index (κ3) is 5.41. The van der Waals surface area contributed by atoms with Gasteiger partial charge in [0.05, 0.1) is 12.2 Å². The minimum atomic E-state index is -0.0893. The van der Waals surface area contributed by atoms with Gasteiger partial charge in [0.1, 0.15) is 24.0 Å². The maximum atomic E-state index is 12.5. The summed E-state index contributed by atoms with van der Waals surface area (Å²) in [5.74, 6) is 1.61. The largest absolute Gasteiger partial charge is 0.492 e. The van der Waals surface area contributed by atoms with Crippen molar-refractivity contribution in [1.29, 1.82) is 0 Å². The number of hydrogen-bond acceptors (Lipinski definition) is 4. The molecule has 29 heavy (non-hydrogen) atoms. The fourth-order valence-corrected chi connectivity index (χ4v) is 3.12. The van der Waals surface area contributed by atoms with Crippen molar-refractivity contribution in [1.82, 2.24) is 9.55 Å². The van der Waals surface area contributed by atoms with Crippen LogP contribution in [-0.4, -0.2) is 21.9 Å². The molecule has 1 aromatic heterocycles. The van der Waals surface area contributed by atoms with Crippen molar-refractivity contribution in [3.8, 4) is 17.0 Å². The van der Waals surface area contributed by atoms with Crippen LogP contribution >= 0.6 is 0 Å². The highest BCUT2D eigenvalue weighted by Crippen LogP contribution is 2.16. The monoisotopic (exact) mass is 390 g/mol. The van der Waals surface area contributed by atoms with Gasteiger partial charge in [-0.3, -0.25) is 14.2 Å². The molecule has 0 aliphatic heterocycles. The van der Waals surface area contributed by atoms with Gasteiger partial charge in [0.15, 0.2) is 0 Å². The zero-order chi connectivity index (χ0) is 20.8. The Hall–Kier alpha value is -3.21. The fraction of sp³-hybridized carbons (Fsp3) is 0.292. The maximum absolute atomic E-state index is 12.5. The van der Waals surface area contributed by atoms with Gasteiger partial charge in [-0.25, -0.2) is 4.98 Å². The summed E-state index contributed by atoms with van der Waals surface area (Å²) in [4.78, 5) is 28.5. The first-order valence-electron chi connectivity index (χ1n) is 9.80. The number of aryl methyl sites for hydroxylation is 1. The van der Waals surface area contributed by atoms with E-state index >= 15 is 0 Å². The number of hydrogen-bond donors (Lipinski definition) is 0. The van der Waals surface area contributed by atoms with Gasteiger partial charge < -0.3 is 4.74 Å². The number of aromatic nitrogens is 2. The molecule has 150 valence electrons. The Balaban J connectivity index is 1.60. The minimum absolute atomic E-state index is 0.0166. The highest BCUT2D eigenvalue weighted by molar-refractivity contribution is 5.78. The lowest BCUT2D eigenvalue weighted by molar-refractivity contribution is -0.120. The number of carbonyl (C=O) groups is 1. The van der Waals surface area contributed by atoms with Crippen LogP contribution in [0, 0.1) is 12.8 Å². The Kier molecular flexibility index (Phi) is 6.60. The van der Waals surface area contributed by atoms with Crippen LogP contribution in [0.4, 0.5) is 0 Å². The van der Waals surface area contributed by atoms with Gasteiger partial charge in [0.2, 0.25) is 0 Å². The maximum Gasteiger partial charge on any atom is 0.254 e. The fourth-order valence-electron chi connectivity index (χ4n) is 3.12. The van der Waals surface area contributed by atoms with E-state index in [0.29, 0.717) is 24.7 Å². The van der Waals surface area contributed by atoms with E-state index in [1.54, 1.807) is 17.6 Å². The molecular weight excluding hydrogens is 364 g/mol. The van der Waals surface area contributed by atoms with E-state index in [0.717, 1.165) is 23.3 Å². The molecule has 5 heteroatoms. The van der Waals surface area contributed by atoms with Gasteiger partial charge in [-0.05, 0) is 38.0 Å². The van der Waals surface area contributed by atoms with E-state index in [1.165, 1.54) is 0 Å². The lowest BCUT2D eigenvalue weighted by atomic mass is 9.98. The zero-order valence-corrected chi connectivity index (χ0v) is 17.1. The molecule has 0 aliphatic carbocycles. The van der Waals surface area contributed by atoms with Gasteiger partial charge in [0.25, 0.3) is 5.56 Å². The van der Waals surface area contributed by atoms with Crippen molar-refractivity contribution >= 4 is 5.78 Å². The average Bonchev–Trinajstić information content (AvgIpc) is 2.71. The third-order valence-corrected chi connectivity index (χ3v) is 5.01. The molecule has 2 aromatic carbocycles. The normalized spacial score (nSPS) is 11.8. The van der Waals surface area contributed by atoms with Crippen LogP contribution < -0.4 is 10.3 Å². The smallest absolute Gasteiger partial charge is 0.254 e. The first-order chi connectivity index (χ1) is 13.9. The number of carbonyl (C=O) groups excluding carboxylic acids is 1. The SMILES string of the molecule is CC(=O)C(C)Cc1ccc(OCCn2c(C)nc(-c3ccccc3)cc2=O)cc1. The molecule has 0 N–H and O–H groups in total. The number of ether oxygens (including phenoxy) is 1. The van der Waals surface area contributed by atoms with Crippen LogP contribution in [0.2, 0.25) is 0 Å². The number of Topliss-reactive ketones (excluding diaryl/α,β-unsaturated/α-hetero) is 1. The van der Waals surface area contributed by atoms with E-state index in [9.17, 15) is 9.59 Å². The Bertz CT molecular complexity index is 1020. The standard InChI is InChI=1S/C24H26N2O3/c1-17(18(2)27)15-20-9-11-22(12-10-20)29-14-13-26-19(3)25-23(16-24(26)28)21-7-5-4-6-8-21/h4-12,16-17H,13-15H2,1-3H3. The summed E-state index contributed by atoms with van der Waals surface area (Å²) >= 11 is 0. The van der Waals surface area contributed by atoms with Crippen LogP contribution in [0.15, 0.2) is 65.5 Å². The lowest BCUT2D eigenvalue weighted by Crippen LogP contribution is -2.26. The lowest BCUT2D eigenvalue weighted by Gasteiger charge is -2.12. The second-order valence-electron chi connectivity index (χ2n) is 7.25. The quantitative estimate of drug-likeness (QED) is 0.582. The molecular formula is C24H26N2O3. The molecule has 5 nitrogen and oxygen atoms in total. The van der Waals surface area contributed by atoms with Crippen molar-refractivity contribution in [3.05, 3.63) is 82.4 Å². The van der Waals surface area contributed by atoms with Gasteiger partial charge >= 0.3 is 0 Å². The molecule has 1 atom stereocenters. The zero-order valence-electron chi connectivity index (χ0n) is 17.1. The number of nitrogens with zero attached hydrogens (tertiary/aromatic N) is 2. The summed E-state index contributed by atoms with van der Waals surface area (Å²) in [6, 6.07) is 19.0. The van der Waals surface area contributed by atoms with Gasteiger partial charge in [-0.1, -0.05) is 49.4 Å². The van der Waals surface area contributed by atoms with Crippen LogP contribution in [0.5, 0.6) is 5.75 Å². The first kappa shape index (κ1) is 20.5. The molecule has 3 rings (SSSR count). The predicted octanol–water partition coefficient (Wildman–Crippen LogP) is 4.07. The molecule has 0 bridgehead atoms. The van der Waals surface area contributed by atoms with Crippen LogP contribution in [0.3, 0.4) is 0 Å². The molecule has 1 unspecified atom stereocenters. The van der Waals surface area contributed by atoms with Crippen LogP contribution in [-0.2, 0) is 17.8 Å². The van der Waals surface area contributed by atoms with Crippen molar-refractivity contribution in [3.63, 3.8) is 0 Å². The van der Waals surface area contributed by atoms with Gasteiger partial charge in [-0.2, -0.15) is 0 Å². The summed E-state index contributed by atoms with van der Waals surface area (Å²) in [7, 11) is 0. The summed E-state index contributed by atoms with van der Waals surface area (Å²) in [6.07, 6.45) is 0.726. The predicted molar refractivity (Wildman–Crippen MR) is 114 cm³/mol. The Morgan fingerprint density at radius 1 is 1.10 bits per heavy atom. The van der Waals surface area contributed by atoms with Crippen LogP contribution in [0.1, 0.15) is 25.2 Å². The summed E-state index contributed by atoms with van der Waals surface area (Å²) in [5, 5.41) is 0. The Morgan fingerprint density at radius 2 is 1.79 bits per heavy atom. The van der Waals surface area contributed by atoms with Gasteiger partial charge in [-0.15, -0.1) is 0 Å². The first-order valence-corrected chi connectivity index (χ1v) is 9.80. The van der Waals surface area contributed by atoms with Crippen molar-refractivity contribution in [2.45, 2.75) is 33.7 Å². The highest BCUT2D eigenvalue weighted by atomic mass is 16.5. The average molecular weight is 390 g/mol. The van der Waals surface area contributed by atoms with Crippen molar-refractivity contribution in [2.75, 3.05) is 6.61 Å². The number of ketones is 1. The van der Waals surface area contributed by atoms with E-state index in [1.807, 2.05) is 68.4 Å². The summed E-state index contributed by atoms with van der Waals surface area (Å²) < 4.78 is 7.41. The van der Waals surface area contributed by atoms with Crippen molar-refractivity contribution < 1.29 is 9.53 Å². The van der Waals surface area contributed by atoms with Gasteiger partial charge in [0, 0.05) is 17.5 Å². The van der Waals surface area contributed by atoms with E-state index in [-0.39, 0.29) is 17.3 Å². The number of benzene rings is 2. The molecule has 0 spiro atoms. The van der Waals surface area contributed by atoms with Crippen LogP contribution in [0.25, 0.3) is 11.3 Å². The summed E-state index contributed by atoms with van der Waals surface area (Å²) in [5.41, 5.74) is 2.62. The Morgan fingerprint density at radius 3 is 2.41 bits per heavy atom. The molecule has 1 heterocycles.